The molecule has 3 heterocycles. The van der Waals surface area contributed by atoms with E-state index in [0.29, 0.717) is 5.76 Å². The Labute approximate surface area is 96.3 Å². The predicted molar refractivity (Wildman–Crippen MR) is 63.7 cm³/mol. The minimum atomic E-state index is 0.702. The van der Waals surface area contributed by atoms with Crippen LogP contribution in [0, 0.1) is 0 Å². The van der Waals surface area contributed by atoms with Crippen LogP contribution in [0.3, 0.4) is 0 Å². The van der Waals surface area contributed by atoms with Crippen molar-refractivity contribution < 1.29 is 4.42 Å². The van der Waals surface area contributed by atoms with E-state index >= 15 is 0 Å². The van der Waals surface area contributed by atoms with E-state index in [4.69, 9.17) is 4.42 Å². The van der Waals surface area contributed by atoms with Crippen LogP contribution in [0.25, 0.3) is 33.3 Å². The summed E-state index contributed by atoms with van der Waals surface area (Å²) in [6.07, 6.45) is 3.40. The Morgan fingerprint density at radius 1 is 1.12 bits per heavy atom. The summed E-state index contributed by atoms with van der Waals surface area (Å²) in [5.74, 6) is 0.702. The maximum atomic E-state index is 5.73. The van der Waals surface area contributed by atoms with Crippen LogP contribution in [0.4, 0.5) is 0 Å². The summed E-state index contributed by atoms with van der Waals surface area (Å²) in [5, 5.41) is 9.90. The molecule has 1 aromatic heterocycles. The molecule has 2 aromatic rings. The van der Waals surface area contributed by atoms with Crippen molar-refractivity contribution >= 4 is 21.9 Å². The Balaban J connectivity index is 2.29. The van der Waals surface area contributed by atoms with E-state index in [1.165, 1.54) is 0 Å². The van der Waals surface area contributed by atoms with Crippen molar-refractivity contribution in [2.24, 2.45) is 0 Å². The monoisotopic (exact) mass is 221 g/mol. The van der Waals surface area contributed by atoms with Gasteiger partial charge in [0.25, 0.3) is 0 Å². The largest absolute Gasteiger partial charge is 0.453 e. The molecule has 0 atom stereocenters. The van der Waals surface area contributed by atoms with Gasteiger partial charge in [-0.1, -0.05) is 6.07 Å². The Hall–Kier alpha value is -2.49. The average Bonchev–Trinajstić information content (AvgIpc) is 2.83. The molecule has 2 aliphatic heterocycles. The molecule has 0 spiro atoms. The number of pyridine rings is 1. The number of rotatable bonds is 0. The van der Waals surface area contributed by atoms with Gasteiger partial charge in [0.1, 0.15) is 11.3 Å². The van der Waals surface area contributed by atoms with Crippen molar-refractivity contribution in [1.82, 2.24) is 15.2 Å². The van der Waals surface area contributed by atoms with Crippen LogP contribution in [0.2, 0.25) is 0 Å². The van der Waals surface area contributed by atoms with E-state index < -0.39 is 0 Å². The van der Waals surface area contributed by atoms with Gasteiger partial charge in [-0.05, 0) is 24.3 Å². The lowest BCUT2D eigenvalue weighted by Crippen LogP contribution is -1.84. The molecule has 2 aliphatic rings. The summed E-state index contributed by atoms with van der Waals surface area (Å²) >= 11 is 0. The molecule has 4 heteroatoms. The summed E-state index contributed by atoms with van der Waals surface area (Å²) in [6, 6.07) is 9.88. The molecule has 1 aromatic carbocycles. The maximum absolute atomic E-state index is 5.73. The molecule has 0 saturated carbocycles. The van der Waals surface area contributed by atoms with Gasteiger partial charge in [0.2, 0.25) is 0 Å². The summed E-state index contributed by atoms with van der Waals surface area (Å²) in [5.41, 5.74) is 2.49. The molecule has 0 saturated heterocycles. The van der Waals surface area contributed by atoms with Gasteiger partial charge in [0.05, 0.1) is 11.7 Å². The number of hydrogen-bond donors (Lipinski definition) is 0. The normalized spacial score (nSPS) is 11.5. The molecule has 4 nitrogen and oxygen atoms in total. The zero-order chi connectivity index (χ0) is 11.2. The van der Waals surface area contributed by atoms with E-state index in [1.807, 2.05) is 30.3 Å². The molecule has 4 rings (SSSR count). The lowest BCUT2D eigenvalue weighted by atomic mass is 10.1. The fourth-order valence-corrected chi connectivity index (χ4v) is 2.07. The number of nitrogens with zero attached hydrogens (tertiary/aromatic N) is 3. The number of benzene rings is 1. The average molecular weight is 221 g/mol. The van der Waals surface area contributed by atoms with Gasteiger partial charge in [-0.2, -0.15) is 5.10 Å². The Morgan fingerprint density at radius 2 is 2.12 bits per heavy atom. The van der Waals surface area contributed by atoms with E-state index in [1.54, 1.807) is 12.4 Å². The van der Waals surface area contributed by atoms with Crippen LogP contribution >= 0.6 is 0 Å². The standard InChI is InChI=1S/C13H7N3O/c1-2-8-3-4-11-9(13(8)14-5-1)6-10-12(17-11)7-15-16-10/h1-7H. The van der Waals surface area contributed by atoms with Gasteiger partial charge >= 0.3 is 0 Å². The third kappa shape index (κ3) is 1.15. The minimum Gasteiger partial charge on any atom is -0.453 e. The lowest BCUT2D eigenvalue weighted by Gasteiger charge is -2.03. The molecule has 0 N–H and O–H groups in total. The zero-order valence-corrected chi connectivity index (χ0v) is 8.79. The highest BCUT2D eigenvalue weighted by atomic mass is 16.3. The molecule has 80 valence electrons. The van der Waals surface area contributed by atoms with Crippen LogP contribution in [0.1, 0.15) is 0 Å². The highest BCUT2D eigenvalue weighted by Gasteiger charge is 2.11. The van der Waals surface area contributed by atoms with Crippen molar-refractivity contribution in [3.05, 3.63) is 42.7 Å². The lowest BCUT2D eigenvalue weighted by molar-refractivity contribution is 0.620. The van der Waals surface area contributed by atoms with Crippen molar-refractivity contribution in [2.75, 3.05) is 0 Å². The van der Waals surface area contributed by atoms with Gasteiger partial charge < -0.3 is 4.42 Å². The highest BCUT2D eigenvalue weighted by Crippen LogP contribution is 2.30. The third-order valence-corrected chi connectivity index (χ3v) is 2.87. The Bertz CT molecular complexity index is 806. The second-order valence-corrected chi connectivity index (χ2v) is 3.89. The molecule has 0 radical (unpaired) electrons. The summed E-state index contributed by atoms with van der Waals surface area (Å²) in [4.78, 5) is 4.39. The third-order valence-electron chi connectivity index (χ3n) is 2.87. The number of aromatic nitrogens is 3. The summed E-state index contributed by atoms with van der Waals surface area (Å²) in [6.45, 7) is 0. The smallest absolute Gasteiger partial charge is 0.175 e. The molecule has 17 heavy (non-hydrogen) atoms. The van der Waals surface area contributed by atoms with Crippen molar-refractivity contribution in [3.8, 4) is 11.5 Å². The minimum absolute atomic E-state index is 0.702. The Morgan fingerprint density at radius 3 is 3.12 bits per heavy atom. The highest BCUT2D eigenvalue weighted by molar-refractivity contribution is 6.04. The molecule has 0 bridgehead atoms. The topological polar surface area (TPSA) is 51.8 Å². The number of fused-ring (bicyclic) bond motifs is 4. The van der Waals surface area contributed by atoms with Crippen LogP contribution in [0.5, 0.6) is 0 Å². The van der Waals surface area contributed by atoms with Gasteiger partial charge in [-0.15, -0.1) is 5.10 Å². The van der Waals surface area contributed by atoms with Crippen LogP contribution in [0.15, 0.2) is 47.1 Å². The first-order chi connectivity index (χ1) is 8.42. The van der Waals surface area contributed by atoms with E-state index in [2.05, 4.69) is 15.2 Å². The second-order valence-electron chi connectivity index (χ2n) is 3.89. The fourth-order valence-electron chi connectivity index (χ4n) is 2.07. The molecule has 0 unspecified atom stereocenters. The predicted octanol–water partition coefficient (Wildman–Crippen LogP) is 2.88. The van der Waals surface area contributed by atoms with Crippen molar-refractivity contribution in [1.29, 1.82) is 0 Å². The SMILES string of the molecule is c1cnc2c(c1)ccc1oc3cnnc-3cc12. The molecule has 0 aliphatic carbocycles. The van der Waals surface area contributed by atoms with Crippen LogP contribution in [-0.2, 0) is 0 Å². The summed E-state index contributed by atoms with van der Waals surface area (Å²) < 4.78 is 5.73. The summed E-state index contributed by atoms with van der Waals surface area (Å²) in [7, 11) is 0. The zero-order valence-electron chi connectivity index (χ0n) is 8.79. The first-order valence-electron chi connectivity index (χ1n) is 5.30. The molecular formula is C13H7N3O. The second kappa shape index (κ2) is 3.01. The van der Waals surface area contributed by atoms with E-state index in [0.717, 1.165) is 27.6 Å². The first kappa shape index (κ1) is 8.64. The molecule has 0 fully saturated rings. The van der Waals surface area contributed by atoms with Crippen LogP contribution < -0.4 is 0 Å². The van der Waals surface area contributed by atoms with Gasteiger partial charge in [-0.3, -0.25) is 4.98 Å². The first-order valence-corrected chi connectivity index (χ1v) is 5.30. The quantitative estimate of drug-likeness (QED) is 0.428. The van der Waals surface area contributed by atoms with Gasteiger partial charge in [0, 0.05) is 17.0 Å². The van der Waals surface area contributed by atoms with Gasteiger partial charge in [-0.25, -0.2) is 0 Å². The number of hydrogen-bond acceptors (Lipinski definition) is 4. The van der Waals surface area contributed by atoms with Gasteiger partial charge in [0.15, 0.2) is 5.76 Å². The molecule has 0 amide bonds. The fraction of sp³-hybridized carbons (Fsp3) is 0. The van der Waals surface area contributed by atoms with E-state index in [9.17, 15) is 0 Å². The maximum Gasteiger partial charge on any atom is 0.175 e. The van der Waals surface area contributed by atoms with E-state index in [-0.39, 0.29) is 0 Å². The molecular weight excluding hydrogens is 214 g/mol. The van der Waals surface area contributed by atoms with Crippen molar-refractivity contribution in [3.63, 3.8) is 0 Å². The van der Waals surface area contributed by atoms with Crippen molar-refractivity contribution in [2.45, 2.75) is 0 Å². The Kier molecular flexibility index (Phi) is 1.53. The van der Waals surface area contributed by atoms with Crippen LogP contribution in [-0.4, -0.2) is 15.2 Å².